The van der Waals surface area contributed by atoms with Gasteiger partial charge in [0.25, 0.3) is 0 Å². The van der Waals surface area contributed by atoms with Crippen LogP contribution in [0.2, 0.25) is 0 Å². The van der Waals surface area contributed by atoms with E-state index >= 15 is 0 Å². The minimum absolute atomic E-state index is 0.0406. The molecule has 0 amide bonds. The first-order valence-electron chi connectivity index (χ1n) is 6.53. The highest BCUT2D eigenvalue weighted by Crippen LogP contribution is 2.67. The summed E-state index contributed by atoms with van der Waals surface area (Å²) < 4.78 is 0. The molecular weight excluding hydrogens is 308 g/mol. The fourth-order valence-electron chi connectivity index (χ4n) is 3.24. The third-order valence-electron chi connectivity index (χ3n) is 4.41. The van der Waals surface area contributed by atoms with Crippen LogP contribution < -0.4 is 0 Å². The minimum Gasteiger partial charge on any atom is -0.481 e. The second-order valence-corrected chi connectivity index (χ2v) is 5.53. The summed E-state index contributed by atoms with van der Waals surface area (Å²) in [6.07, 6.45) is 1.16. The molecule has 3 rings (SSSR count). The predicted octanol–water partition coefficient (Wildman–Crippen LogP) is 1.12. The molecule has 4 N–H and O–H groups in total. The molecule has 1 fully saturated rings. The van der Waals surface area contributed by atoms with E-state index in [-0.39, 0.29) is 17.6 Å². The van der Waals surface area contributed by atoms with Crippen LogP contribution in [0.3, 0.4) is 0 Å². The highest BCUT2D eigenvalue weighted by Gasteiger charge is 2.67. The smallest absolute Gasteiger partial charge is 0.336 e. The third-order valence-corrected chi connectivity index (χ3v) is 4.41. The molecule has 23 heavy (non-hydrogen) atoms. The monoisotopic (exact) mass is 318 g/mol. The number of carboxylic acids is 4. The van der Waals surface area contributed by atoms with Gasteiger partial charge in [-0.3, -0.25) is 4.79 Å². The van der Waals surface area contributed by atoms with Crippen molar-refractivity contribution in [2.24, 2.45) is 5.41 Å². The molecule has 0 aromatic heterocycles. The summed E-state index contributed by atoms with van der Waals surface area (Å²) in [5.41, 5.74) is -2.24. The zero-order valence-electron chi connectivity index (χ0n) is 11.4. The molecule has 2 unspecified atom stereocenters. The average Bonchev–Trinajstić information content (AvgIpc) is 3.21. The second kappa shape index (κ2) is 4.42. The van der Waals surface area contributed by atoms with Crippen molar-refractivity contribution in [2.75, 3.05) is 0 Å². The molecule has 1 aromatic carbocycles. The topological polar surface area (TPSA) is 149 Å². The predicted molar refractivity (Wildman–Crippen MR) is 73.4 cm³/mol. The van der Waals surface area contributed by atoms with E-state index in [1.54, 1.807) is 0 Å². The van der Waals surface area contributed by atoms with Gasteiger partial charge in [-0.2, -0.15) is 0 Å². The molecule has 2 aliphatic rings. The van der Waals surface area contributed by atoms with Gasteiger partial charge in [-0.25, -0.2) is 14.4 Å². The molecule has 118 valence electrons. The summed E-state index contributed by atoms with van der Waals surface area (Å²) in [7, 11) is 0. The van der Waals surface area contributed by atoms with Crippen LogP contribution in [-0.4, -0.2) is 44.3 Å². The van der Waals surface area contributed by atoms with Crippen molar-refractivity contribution in [3.63, 3.8) is 0 Å². The van der Waals surface area contributed by atoms with Crippen LogP contribution in [0.1, 0.15) is 44.2 Å². The van der Waals surface area contributed by atoms with Gasteiger partial charge < -0.3 is 20.4 Å². The highest BCUT2D eigenvalue weighted by molar-refractivity contribution is 6.07. The number of aliphatic carboxylic acids is 2. The lowest BCUT2D eigenvalue weighted by Crippen LogP contribution is -2.27. The summed E-state index contributed by atoms with van der Waals surface area (Å²) in [5.74, 6) is -6.26. The lowest BCUT2D eigenvalue weighted by Gasteiger charge is -2.21. The lowest BCUT2D eigenvalue weighted by molar-refractivity contribution is -0.145. The second-order valence-electron chi connectivity index (χ2n) is 5.53. The van der Waals surface area contributed by atoms with Crippen molar-refractivity contribution in [3.8, 4) is 0 Å². The maximum absolute atomic E-state index is 11.5. The van der Waals surface area contributed by atoms with Gasteiger partial charge >= 0.3 is 23.9 Å². The lowest BCUT2D eigenvalue weighted by atomic mass is 9.81. The van der Waals surface area contributed by atoms with Crippen LogP contribution in [0.5, 0.6) is 0 Å². The van der Waals surface area contributed by atoms with E-state index in [2.05, 4.69) is 0 Å². The quantitative estimate of drug-likeness (QED) is 0.645. The molecule has 0 aliphatic heterocycles. The molecule has 8 nitrogen and oxygen atoms in total. The highest BCUT2D eigenvalue weighted by atomic mass is 16.4. The van der Waals surface area contributed by atoms with E-state index in [0.29, 0.717) is 5.56 Å². The molecule has 0 radical (unpaired) electrons. The molecule has 2 aliphatic carbocycles. The van der Waals surface area contributed by atoms with Crippen LogP contribution in [0.25, 0.3) is 6.08 Å². The van der Waals surface area contributed by atoms with Crippen molar-refractivity contribution in [2.45, 2.75) is 12.3 Å². The van der Waals surface area contributed by atoms with Gasteiger partial charge in [0.2, 0.25) is 0 Å². The zero-order chi connectivity index (χ0) is 17.1. The minimum atomic E-state index is -1.57. The molecule has 1 saturated carbocycles. The van der Waals surface area contributed by atoms with Crippen LogP contribution in [0.15, 0.2) is 17.7 Å². The Morgan fingerprint density at radius 2 is 1.48 bits per heavy atom. The van der Waals surface area contributed by atoms with Crippen molar-refractivity contribution >= 4 is 30.0 Å². The fraction of sp³-hybridized carbons (Fsp3) is 0.200. The zero-order valence-corrected chi connectivity index (χ0v) is 11.4. The Labute approximate surface area is 128 Å². The Hall–Kier alpha value is -3.16. The van der Waals surface area contributed by atoms with Crippen molar-refractivity contribution in [1.29, 1.82) is 0 Å². The van der Waals surface area contributed by atoms with Gasteiger partial charge in [-0.15, -0.1) is 0 Å². The number of hydrogen-bond donors (Lipinski definition) is 4. The summed E-state index contributed by atoms with van der Waals surface area (Å²) >= 11 is 0. The number of hydrogen-bond acceptors (Lipinski definition) is 4. The molecule has 0 spiro atoms. The standard InChI is InChI=1S/C15H10O8/c16-11(17)7-1-5-2-9(13(20)21)15(14(22)23)4-10(15)6(5)3-8(7)12(18)19/h1-3,10H,4H2,(H,16,17)(H,18,19)(H,20,21)(H,22,23). The van der Waals surface area contributed by atoms with Crippen LogP contribution >= 0.6 is 0 Å². The Morgan fingerprint density at radius 3 is 1.96 bits per heavy atom. The molecule has 0 heterocycles. The summed E-state index contributed by atoms with van der Waals surface area (Å²) in [6.45, 7) is 0. The van der Waals surface area contributed by atoms with E-state index in [9.17, 15) is 29.4 Å². The van der Waals surface area contributed by atoms with E-state index in [0.717, 1.165) is 18.2 Å². The van der Waals surface area contributed by atoms with Crippen molar-refractivity contribution in [3.05, 3.63) is 40.0 Å². The summed E-state index contributed by atoms with van der Waals surface area (Å²) in [4.78, 5) is 45.3. The van der Waals surface area contributed by atoms with Gasteiger partial charge in [-0.1, -0.05) is 0 Å². The summed E-state index contributed by atoms with van der Waals surface area (Å²) in [6, 6.07) is 2.21. The van der Waals surface area contributed by atoms with Gasteiger partial charge in [0.1, 0.15) is 5.41 Å². The first kappa shape index (κ1) is 14.8. The molecule has 1 aromatic rings. The number of aromatic carboxylic acids is 2. The third kappa shape index (κ3) is 1.84. The van der Waals surface area contributed by atoms with Crippen LogP contribution in [0.4, 0.5) is 0 Å². The molecule has 2 atom stereocenters. The van der Waals surface area contributed by atoms with E-state index in [1.165, 1.54) is 0 Å². The Kier molecular flexibility index (Phi) is 2.84. The number of rotatable bonds is 4. The molecule has 0 saturated heterocycles. The number of benzene rings is 1. The van der Waals surface area contributed by atoms with Crippen molar-refractivity contribution in [1.82, 2.24) is 0 Å². The summed E-state index contributed by atoms with van der Waals surface area (Å²) in [5, 5.41) is 36.9. The maximum Gasteiger partial charge on any atom is 0.336 e. The maximum atomic E-state index is 11.5. The van der Waals surface area contributed by atoms with Gasteiger partial charge in [0.05, 0.1) is 16.7 Å². The van der Waals surface area contributed by atoms with E-state index in [4.69, 9.17) is 10.2 Å². The van der Waals surface area contributed by atoms with Crippen molar-refractivity contribution < 1.29 is 39.6 Å². The van der Waals surface area contributed by atoms with Crippen LogP contribution in [-0.2, 0) is 9.59 Å². The number of fused-ring (bicyclic) bond motifs is 3. The van der Waals surface area contributed by atoms with E-state index < -0.39 is 46.3 Å². The van der Waals surface area contributed by atoms with E-state index in [1.807, 2.05) is 0 Å². The van der Waals surface area contributed by atoms with Crippen LogP contribution in [0, 0.1) is 5.41 Å². The van der Waals surface area contributed by atoms with Gasteiger partial charge in [-0.05, 0) is 35.8 Å². The number of carboxylic acid groups (broad SMARTS) is 4. The van der Waals surface area contributed by atoms with Gasteiger partial charge in [0.15, 0.2) is 0 Å². The first-order chi connectivity index (χ1) is 10.7. The SMILES string of the molecule is O=C(O)C1=Cc2cc(C(=O)O)c(C(=O)O)cc2C2CC12C(=O)O. The van der Waals surface area contributed by atoms with Gasteiger partial charge in [0, 0.05) is 5.92 Å². The fourth-order valence-corrected chi connectivity index (χ4v) is 3.24. The normalized spacial score (nSPS) is 24.0. The first-order valence-corrected chi connectivity index (χ1v) is 6.53. The molecule has 0 bridgehead atoms. The molecule has 8 heteroatoms. The Balaban J connectivity index is 2.28. The Morgan fingerprint density at radius 1 is 0.913 bits per heavy atom. The largest absolute Gasteiger partial charge is 0.481 e. The number of carbonyl (C=O) groups is 4. The molecular formula is C15H10O8. The Bertz CT molecular complexity index is 834. The average molecular weight is 318 g/mol.